The average Bonchev–Trinajstić information content (AvgIpc) is 2.94. The van der Waals surface area contributed by atoms with Gasteiger partial charge in [0.15, 0.2) is 0 Å². The van der Waals surface area contributed by atoms with E-state index in [0.717, 1.165) is 51.4 Å². The van der Waals surface area contributed by atoms with Crippen LogP contribution in [0, 0.1) is 0 Å². The van der Waals surface area contributed by atoms with Crippen molar-refractivity contribution < 1.29 is 19.8 Å². The van der Waals surface area contributed by atoms with Crippen LogP contribution in [0.4, 0.5) is 0 Å². The van der Waals surface area contributed by atoms with Crippen LogP contribution in [-0.4, -0.2) is 22.2 Å². The lowest BCUT2D eigenvalue weighted by molar-refractivity contribution is -0.138. The van der Waals surface area contributed by atoms with Crippen molar-refractivity contribution in [2.75, 3.05) is 0 Å². The summed E-state index contributed by atoms with van der Waals surface area (Å²) in [7, 11) is 0. The quantitative estimate of drug-likeness (QED) is 0.0667. The first kappa shape index (κ1) is 38.4. The summed E-state index contributed by atoms with van der Waals surface area (Å²) in [4.78, 5) is 20.9. The lowest BCUT2D eigenvalue weighted by Gasteiger charge is -2.00. The van der Waals surface area contributed by atoms with Crippen molar-refractivity contribution in [2.24, 2.45) is 0 Å². The monoisotopic (exact) mass is 568 g/mol. The van der Waals surface area contributed by atoms with Crippen LogP contribution in [0.1, 0.15) is 148 Å². The molecule has 0 unspecified atom stereocenters. The minimum Gasteiger partial charge on any atom is -0.481 e. The molecule has 0 radical (unpaired) electrons. The summed E-state index contributed by atoms with van der Waals surface area (Å²) in [5, 5.41) is 17.2. The Balaban J connectivity index is 3.37. The highest BCUT2D eigenvalue weighted by Crippen LogP contribution is 2.11. The van der Waals surface area contributed by atoms with E-state index in [9.17, 15) is 9.59 Å². The number of unbranched alkanes of at least 4 members (excludes halogenated alkanes) is 18. The second-order valence-electron chi connectivity index (χ2n) is 10.9. The molecule has 0 aromatic carbocycles. The molecule has 4 heteroatoms. The van der Waals surface area contributed by atoms with E-state index in [-0.39, 0.29) is 0 Å². The van der Waals surface area contributed by atoms with Gasteiger partial charge in [0.1, 0.15) is 0 Å². The molecular weight excluding hydrogens is 508 g/mol. The Kier molecular flexibility index (Phi) is 31.4. The summed E-state index contributed by atoms with van der Waals surface area (Å²) < 4.78 is 0. The Bertz CT molecular complexity index is 706. The molecule has 0 amide bonds. The third-order valence-electron chi connectivity index (χ3n) is 6.98. The number of carbonyl (C=O) groups is 2. The largest absolute Gasteiger partial charge is 0.481 e. The van der Waals surface area contributed by atoms with Crippen LogP contribution in [0.3, 0.4) is 0 Å². The molecule has 2 N–H and O–H groups in total. The van der Waals surface area contributed by atoms with Crippen molar-refractivity contribution in [3.05, 3.63) is 72.9 Å². The molecule has 0 heterocycles. The number of allylic oxidation sites excluding steroid dienone is 12. The molecule has 41 heavy (non-hydrogen) atoms. The molecule has 0 aliphatic heterocycles. The van der Waals surface area contributed by atoms with Crippen LogP contribution in [0.2, 0.25) is 0 Å². The number of carboxylic acid groups (broad SMARTS) is 2. The van der Waals surface area contributed by atoms with Gasteiger partial charge in [-0.15, -0.1) is 0 Å². The zero-order valence-electron chi connectivity index (χ0n) is 25.9. The summed E-state index contributed by atoms with van der Waals surface area (Å²) in [6.07, 6.45) is 51.1. The number of aliphatic carboxylic acids is 2. The van der Waals surface area contributed by atoms with E-state index in [1.54, 1.807) is 0 Å². The first-order chi connectivity index (χ1) is 20.1. The molecule has 0 atom stereocenters. The third-order valence-corrected chi connectivity index (χ3v) is 6.98. The summed E-state index contributed by atoms with van der Waals surface area (Å²) in [6, 6.07) is 0. The van der Waals surface area contributed by atoms with Gasteiger partial charge in [-0.3, -0.25) is 9.59 Å². The van der Waals surface area contributed by atoms with Gasteiger partial charge in [0.25, 0.3) is 0 Å². The van der Waals surface area contributed by atoms with Crippen molar-refractivity contribution in [2.45, 2.75) is 148 Å². The first-order valence-corrected chi connectivity index (χ1v) is 16.5. The number of hydrogen-bond donors (Lipinski definition) is 2. The maximum Gasteiger partial charge on any atom is 0.303 e. The normalized spacial score (nSPS) is 12.5. The molecular formula is C37H60O4. The fraction of sp³-hybridized carbons (Fsp3) is 0.622. The van der Waals surface area contributed by atoms with Crippen molar-refractivity contribution in [3.8, 4) is 0 Å². The highest BCUT2D eigenvalue weighted by atomic mass is 16.4. The summed E-state index contributed by atoms with van der Waals surface area (Å²) >= 11 is 0. The van der Waals surface area contributed by atoms with E-state index >= 15 is 0 Å². The predicted octanol–water partition coefficient (Wildman–Crippen LogP) is 11.5. The van der Waals surface area contributed by atoms with E-state index in [4.69, 9.17) is 10.2 Å². The van der Waals surface area contributed by atoms with Crippen molar-refractivity contribution in [1.29, 1.82) is 0 Å². The fourth-order valence-corrected chi connectivity index (χ4v) is 4.50. The third kappa shape index (κ3) is 37.4. The molecule has 0 fully saturated rings. The topological polar surface area (TPSA) is 74.6 Å². The van der Waals surface area contributed by atoms with Crippen LogP contribution in [0.5, 0.6) is 0 Å². The van der Waals surface area contributed by atoms with E-state index < -0.39 is 11.9 Å². The van der Waals surface area contributed by atoms with Gasteiger partial charge in [-0.1, -0.05) is 144 Å². The van der Waals surface area contributed by atoms with Crippen LogP contribution in [-0.2, 0) is 9.59 Å². The zero-order chi connectivity index (χ0) is 29.9. The summed E-state index contributed by atoms with van der Waals surface area (Å²) in [6.45, 7) is 0. The maximum absolute atomic E-state index is 10.4. The van der Waals surface area contributed by atoms with E-state index in [1.807, 2.05) is 0 Å². The van der Waals surface area contributed by atoms with Gasteiger partial charge in [-0.25, -0.2) is 0 Å². The Hall–Kier alpha value is -2.62. The smallest absolute Gasteiger partial charge is 0.303 e. The van der Waals surface area contributed by atoms with Gasteiger partial charge < -0.3 is 10.2 Å². The van der Waals surface area contributed by atoms with Crippen LogP contribution in [0.25, 0.3) is 0 Å². The Labute approximate surface area is 252 Å². The SMILES string of the molecule is O=C(O)CCCCCCCC=CC=CC=CCCCCCCCCCC=CC=CC=CCCCCCCCC(=O)O. The maximum atomic E-state index is 10.4. The molecule has 0 aromatic rings. The Morgan fingerprint density at radius 1 is 0.317 bits per heavy atom. The summed E-state index contributed by atoms with van der Waals surface area (Å²) in [5.41, 5.74) is 0. The van der Waals surface area contributed by atoms with Crippen molar-refractivity contribution >= 4 is 11.9 Å². The lowest BCUT2D eigenvalue weighted by Crippen LogP contribution is -1.93. The van der Waals surface area contributed by atoms with Gasteiger partial charge >= 0.3 is 11.9 Å². The highest BCUT2D eigenvalue weighted by molar-refractivity contribution is 5.66. The standard InChI is InChI=1S/C37H60O4/c38-36(39)34-32-30-28-26-24-22-20-18-16-14-12-10-8-6-4-2-1-3-5-7-9-11-13-15-17-19-21-23-25-27-29-31-33-35-37(40)41/h10-21H,1-9,22-35H2,(H,38,39)(H,40,41). The second-order valence-corrected chi connectivity index (χ2v) is 10.9. The van der Waals surface area contributed by atoms with Crippen LogP contribution < -0.4 is 0 Å². The first-order valence-electron chi connectivity index (χ1n) is 16.5. The molecule has 0 aliphatic carbocycles. The van der Waals surface area contributed by atoms with Gasteiger partial charge in [0.05, 0.1) is 0 Å². The Morgan fingerprint density at radius 2 is 0.537 bits per heavy atom. The highest BCUT2D eigenvalue weighted by Gasteiger charge is 1.97. The second kappa shape index (κ2) is 33.6. The van der Waals surface area contributed by atoms with Crippen molar-refractivity contribution in [3.63, 3.8) is 0 Å². The van der Waals surface area contributed by atoms with Gasteiger partial charge in [0.2, 0.25) is 0 Å². The molecule has 4 nitrogen and oxygen atoms in total. The van der Waals surface area contributed by atoms with Crippen molar-refractivity contribution in [1.82, 2.24) is 0 Å². The van der Waals surface area contributed by atoms with Gasteiger partial charge in [0, 0.05) is 12.8 Å². The lowest BCUT2D eigenvalue weighted by atomic mass is 10.1. The van der Waals surface area contributed by atoms with E-state index in [2.05, 4.69) is 72.9 Å². The molecule has 0 rings (SSSR count). The minimum absolute atomic E-state index is 0.306. The molecule has 0 aliphatic rings. The zero-order valence-corrected chi connectivity index (χ0v) is 25.9. The number of rotatable bonds is 30. The number of carboxylic acids is 2. The number of hydrogen-bond acceptors (Lipinski definition) is 2. The Morgan fingerprint density at radius 3 is 0.780 bits per heavy atom. The molecule has 232 valence electrons. The van der Waals surface area contributed by atoms with Gasteiger partial charge in [-0.05, 0) is 64.2 Å². The van der Waals surface area contributed by atoms with Gasteiger partial charge in [-0.2, -0.15) is 0 Å². The van der Waals surface area contributed by atoms with E-state index in [1.165, 1.54) is 83.5 Å². The van der Waals surface area contributed by atoms with Crippen LogP contribution >= 0.6 is 0 Å². The molecule has 0 saturated carbocycles. The average molecular weight is 569 g/mol. The van der Waals surface area contributed by atoms with E-state index in [0.29, 0.717) is 12.8 Å². The minimum atomic E-state index is -0.682. The molecule has 0 saturated heterocycles. The molecule has 0 spiro atoms. The van der Waals surface area contributed by atoms with Crippen LogP contribution in [0.15, 0.2) is 72.9 Å². The predicted molar refractivity (Wildman–Crippen MR) is 176 cm³/mol. The molecule has 0 bridgehead atoms. The fourth-order valence-electron chi connectivity index (χ4n) is 4.50. The summed E-state index contributed by atoms with van der Waals surface area (Å²) in [5.74, 6) is -1.36. The molecule has 0 aromatic heterocycles.